The Kier molecular flexibility index (Phi) is 5.21. The van der Waals surface area contributed by atoms with Crippen LogP contribution in [0.4, 0.5) is 0 Å². The van der Waals surface area contributed by atoms with Gasteiger partial charge in [-0.1, -0.05) is 50.2 Å². The van der Waals surface area contributed by atoms with E-state index in [1.807, 2.05) is 24.3 Å². The van der Waals surface area contributed by atoms with E-state index in [0.717, 1.165) is 11.8 Å². The molecule has 0 bridgehead atoms. The van der Waals surface area contributed by atoms with E-state index in [1.165, 1.54) is 17.7 Å². The second kappa shape index (κ2) is 6.96. The van der Waals surface area contributed by atoms with Crippen LogP contribution < -0.4 is 0 Å². The van der Waals surface area contributed by atoms with Crippen molar-refractivity contribution < 1.29 is 17.9 Å². The van der Waals surface area contributed by atoms with Crippen molar-refractivity contribution in [3.8, 4) is 0 Å². The molecule has 2 aromatic rings. The fraction of sp³-hybridized carbons (Fsp3) is 0.278. The minimum Gasteiger partial charge on any atom is -0.457 e. The lowest BCUT2D eigenvalue weighted by Gasteiger charge is -2.10. The lowest BCUT2D eigenvalue weighted by Crippen LogP contribution is -2.11. The van der Waals surface area contributed by atoms with Gasteiger partial charge in [0.2, 0.25) is 0 Å². The second-order valence-corrected chi connectivity index (χ2v) is 7.72. The van der Waals surface area contributed by atoms with Gasteiger partial charge in [-0.05, 0) is 29.2 Å². The van der Waals surface area contributed by atoms with Crippen molar-refractivity contribution in [2.75, 3.05) is 6.26 Å². The van der Waals surface area contributed by atoms with E-state index in [0.29, 0.717) is 5.92 Å². The maximum atomic E-state index is 12.2. The molecule has 0 saturated carbocycles. The largest absolute Gasteiger partial charge is 0.457 e. The van der Waals surface area contributed by atoms with Crippen molar-refractivity contribution in [3.63, 3.8) is 0 Å². The number of sulfone groups is 1. The molecule has 0 aliphatic rings. The Morgan fingerprint density at radius 2 is 1.65 bits per heavy atom. The molecule has 2 aromatic carbocycles. The summed E-state index contributed by atoms with van der Waals surface area (Å²) in [6, 6.07) is 13.9. The third-order valence-electron chi connectivity index (χ3n) is 3.52. The molecule has 0 atom stereocenters. The molecule has 0 unspecified atom stereocenters. The number of rotatable bonds is 5. The van der Waals surface area contributed by atoms with E-state index >= 15 is 0 Å². The zero-order valence-electron chi connectivity index (χ0n) is 13.4. The third-order valence-corrected chi connectivity index (χ3v) is 4.68. The summed E-state index contributed by atoms with van der Waals surface area (Å²) < 4.78 is 28.7. The van der Waals surface area contributed by atoms with Gasteiger partial charge in [0.05, 0.1) is 10.5 Å². The normalized spacial score (nSPS) is 11.5. The molecule has 4 nitrogen and oxygen atoms in total. The van der Waals surface area contributed by atoms with Gasteiger partial charge in [0.25, 0.3) is 0 Å². The summed E-state index contributed by atoms with van der Waals surface area (Å²) in [6.45, 7) is 4.32. The zero-order valence-corrected chi connectivity index (χ0v) is 14.3. The summed E-state index contributed by atoms with van der Waals surface area (Å²) in [7, 11) is -3.48. The lowest BCUT2D eigenvalue weighted by atomic mass is 10.0. The highest BCUT2D eigenvalue weighted by atomic mass is 32.2. The van der Waals surface area contributed by atoms with E-state index < -0.39 is 15.8 Å². The first-order valence-electron chi connectivity index (χ1n) is 7.34. The molecule has 0 saturated heterocycles. The van der Waals surface area contributed by atoms with Crippen molar-refractivity contribution >= 4 is 15.8 Å². The van der Waals surface area contributed by atoms with Crippen LogP contribution in [-0.2, 0) is 21.2 Å². The maximum absolute atomic E-state index is 12.2. The van der Waals surface area contributed by atoms with Crippen LogP contribution in [0.2, 0.25) is 0 Å². The van der Waals surface area contributed by atoms with Gasteiger partial charge in [0.1, 0.15) is 6.61 Å². The molecular formula is C18H20O4S. The van der Waals surface area contributed by atoms with Gasteiger partial charge >= 0.3 is 5.97 Å². The Morgan fingerprint density at radius 3 is 2.22 bits per heavy atom. The molecule has 5 heteroatoms. The van der Waals surface area contributed by atoms with E-state index in [-0.39, 0.29) is 17.1 Å². The second-order valence-electron chi connectivity index (χ2n) is 5.74. The summed E-state index contributed by atoms with van der Waals surface area (Å²) in [5.41, 5.74) is 2.14. The predicted octanol–water partition coefficient (Wildman–Crippen LogP) is 3.57. The highest BCUT2D eigenvalue weighted by Crippen LogP contribution is 2.18. The van der Waals surface area contributed by atoms with Crippen LogP contribution in [0.3, 0.4) is 0 Å². The number of esters is 1. The van der Waals surface area contributed by atoms with Crippen LogP contribution in [0.5, 0.6) is 0 Å². The Labute approximate surface area is 137 Å². The predicted molar refractivity (Wildman–Crippen MR) is 89.2 cm³/mol. The topological polar surface area (TPSA) is 60.4 Å². The van der Waals surface area contributed by atoms with Gasteiger partial charge in [0.15, 0.2) is 9.84 Å². The summed E-state index contributed by atoms with van der Waals surface area (Å²) in [4.78, 5) is 12.2. The molecule has 0 radical (unpaired) electrons. The molecule has 0 amide bonds. The van der Waals surface area contributed by atoms with Crippen molar-refractivity contribution in [1.29, 1.82) is 0 Å². The van der Waals surface area contributed by atoms with Gasteiger partial charge in [-0.25, -0.2) is 13.2 Å². The highest BCUT2D eigenvalue weighted by molar-refractivity contribution is 7.90. The van der Waals surface area contributed by atoms with Crippen LogP contribution in [-0.4, -0.2) is 20.6 Å². The molecular weight excluding hydrogens is 312 g/mol. The molecule has 0 aliphatic heterocycles. The Balaban J connectivity index is 2.12. The standard InChI is InChI=1S/C18H20O4S/c1-13(2)15-10-8-14(9-11-15)12-22-18(19)16-6-4-5-7-17(16)23(3,20)21/h4-11,13H,12H2,1-3H3. The van der Waals surface area contributed by atoms with Gasteiger partial charge in [-0.3, -0.25) is 0 Å². The smallest absolute Gasteiger partial charge is 0.339 e. The number of carbonyl (C=O) groups is 1. The quantitative estimate of drug-likeness (QED) is 0.785. The molecule has 122 valence electrons. The van der Waals surface area contributed by atoms with E-state index in [9.17, 15) is 13.2 Å². The molecule has 0 spiro atoms. The summed E-state index contributed by atoms with van der Waals surface area (Å²) in [5.74, 6) is -0.202. The van der Waals surface area contributed by atoms with Gasteiger partial charge < -0.3 is 4.74 Å². The lowest BCUT2D eigenvalue weighted by molar-refractivity contribution is 0.0468. The molecule has 23 heavy (non-hydrogen) atoms. The van der Waals surface area contributed by atoms with E-state index in [2.05, 4.69) is 13.8 Å². The number of hydrogen-bond donors (Lipinski definition) is 0. The average molecular weight is 332 g/mol. The first-order valence-corrected chi connectivity index (χ1v) is 9.23. The summed E-state index contributed by atoms with van der Waals surface area (Å²) in [6.07, 6.45) is 1.07. The van der Waals surface area contributed by atoms with Gasteiger partial charge in [-0.15, -0.1) is 0 Å². The number of carbonyl (C=O) groups excluding carboxylic acids is 1. The first-order chi connectivity index (χ1) is 10.8. The molecule has 0 aliphatic carbocycles. The maximum Gasteiger partial charge on any atom is 0.339 e. The van der Waals surface area contributed by atoms with Gasteiger partial charge in [0, 0.05) is 6.26 Å². The van der Waals surface area contributed by atoms with Crippen LogP contribution >= 0.6 is 0 Å². The Morgan fingerprint density at radius 1 is 1.04 bits per heavy atom. The Hall–Kier alpha value is -2.14. The fourth-order valence-corrected chi connectivity index (χ4v) is 3.06. The van der Waals surface area contributed by atoms with Crippen molar-refractivity contribution in [3.05, 3.63) is 65.2 Å². The monoisotopic (exact) mass is 332 g/mol. The highest BCUT2D eigenvalue weighted by Gasteiger charge is 2.19. The summed E-state index contributed by atoms with van der Waals surface area (Å²) in [5, 5.41) is 0. The molecule has 0 N–H and O–H groups in total. The van der Waals surface area contributed by atoms with Crippen LogP contribution in [0.1, 0.15) is 41.3 Å². The number of ether oxygens (including phenoxy) is 1. The molecule has 2 rings (SSSR count). The average Bonchev–Trinajstić information content (AvgIpc) is 2.52. The van der Waals surface area contributed by atoms with Gasteiger partial charge in [-0.2, -0.15) is 0 Å². The number of benzene rings is 2. The molecule has 0 heterocycles. The van der Waals surface area contributed by atoms with Crippen LogP contribution in [0, 0.1) is 0 Å². The van der Waals surface area contributed by atoms with Crippen molar-refractivity contribution in [1.82, 2.24) is 0 Å². The van der Waals surface area contributed by atoms with Crippen LogP contribution in [0.25, 0.3) is 0 Å². The fourth-order valence-electron chi connectivity index (χ4n) is 2.18. The minimum absolute atomic E-state index is 0.0137. The van der Waals surface area contributed by atoms with E-state index in [1.54, 1.807) is 12.1 Å². The van der Waals surface area contributed by atoms with Crippen molar-refractivity contribution in [2.24, 2.45) is 0 Å². The van der Waals surface area contributed by atoms with Crippen LogP contribution in [0.15, 0.2) is 53.4 Å². The van der Waals surface area contributed by atoms with Crippen molar-refractivity contribution in [2.45, 2.75) is 31.3 Å². The molecule has 0 fully saturated rings. The third kappa shape index (κ3) is 4.42. The number of hydrogen-bond acceptors (Lipinski definition) is 4. The first kappa shape index (κ1) is 17.2. The zero-order chi connectivity index (χ0) is 17.0. The molecule has 0 aromatic heterocycles. The minimum atomic E-state index is -3.48. The van der Waals surface area contributed by atoms with E-state index in [4.69, 9.17) is 4.74 Å². The summed E-state index contributed by atoms with van der Waals surface area (Å²) >= 11 is 0. The SMILES string of the molecule is CC(C)c1ccc(COC(=O)c2ccccc2S(C)(=O)=O)cc1. The Bertz CT molecular complexity index is 790.